The van der Waals surface area contributed by atoms with Crippen LogP contribution in [0.4, 0.5) is 34.1 Å². The van der Waals surface area contributed by atoms with Gasteiger partial charge in [0.05, 0.1) is 0 Å². The summed E-state index contributed by atoms with van der Waals surface area (Å²) in [7, 11) is 0. The molecule has 2 aliphatic carbocycles. The zero-order valence-corrected chi connectivity index (χ0v) is 32.5. The molecule has 0 amide bonds. The topological polar surface area (TPSA) is 6.48 Å². The fraction of sp³-hybridized carbons (Fsp3) is 0.308. The summed E-state index contributed by atoms with van der Waals surface area (Å²) in [6.45, 7) is 7.28. The van der Waals surface area contributed by atoms with E-state index in [1.165, 1.54) is 95.8 Å². The summed E-state index contributed by atoms with van der Waals surface area (Å²) >= 11 is 0. The summed E-state index contributed by atoms with van der Waals surface area (Å²) in [4.78, 5) is 4.79. The Kier molecular flexibility index (Phi) is 10.5. The lowest BCUT2D eigenvalue weighted by atomic mass is 9.59. The zero-order chi connectivity index (χ0) is 37.0. The molecule has 8 rings (SSSR count). The number of para-hydroxylation sites is 3. The van der Waals surface area contributed by atoms with Crippen LogP contribution in [0.1, 0.15) is 101 Å². The van der Waals surface area contributed by atoms with Gasteiger partial charge in [-0.3, -0.25) is 0 Å². The molecule has 274 valence electrons. The molecule has 2 heteroatoms. The second kappa shape index (κ2) is 15.7. The van der Waals surface area contributed by atoms with Crippen molar-refractivity contribution >= 4 is 34.1 Å². The van der Waals surface area contributed by atoms with Gasteiger partial charge in [-0.1, -0.05) is 131 Å². The number of hydrogen-bond acceptors (Lipinski definition) is 2. The summed E-state index contributed by atoms with van der Waals surface area (Å²) in [5.41, 5.74) is 11.7. The van der Waals surface area contributed by atoms with Gasteiger partial charge in [0, 0.05) is 39.5 Å². The zero-order valence-electron chi connectivity index (χ0n) is 32.5. The molecule has 2 saturated carbocycles. The average Bonchev–Trinajstić information content (AvgIpc) is 3.23. The molecule has 0 radical (unpaired) electrons. The molecule has 0 saturated heterocycles. The highest BCUT2D eigenvalue weighted by Gasteiger charge is 2.41. The van der Waals surface area contributed by atoms with Crippen molar-refractivity contribution in [2.24, 2.45) is 11.3 Å². The van der Waals surface area contributed by atoms with Crippen molar-refractivity contribution in [1.29, 1.82) is 0 Å². The first-order valence-corrected chi connectivity index (χ1v) is 20.5. The minimum absolute atomic E-state index is 0.0393. The molecule has 2 aliphatic rings. The third-order valence-electron chi connectivity index (χ3n) is 12.7. The Bertz CT molecular complexity index is 2010. The van der Waals surface area contributed by atoms with Crippen LogP contribution in [-0.4, -0.2) is 0 Å². The van der Waals surface area contributed by atoms with Crippen molar-refractivity contribution in [3.8, 4) is 0 Å². The van der Waals surface area contributed by atoms with E-state index in [0.29, 0.717) is 11.3 Å². The van der Waals surface area contributed by atoms with Gasteiger partial charge in [-0.25, -0.2) is 0 Å². The molecule has 6 aromatic carbocycles. The minimum atomic E-state index is -0.0393. The molecule has 2 nitrogen and oxygen atoms in total. The smallest absolute Gasteiger partial charge is 0.0461 e. The van der Waals surface area contributed by atoms with Gasteiger partial charge in [-0.05, 0) is 145 Å². The van der Waals surface area contributed by atoms with Crippen LogP contribution in [-0.2, 0) is 5.41 Å². The highest BCUT2D eigenvalue weighted by molar-refractivity contribution is 5.78. The Morgan fingerprint density at radius 1 is 0.407 bits per heavy atom. The molecule has 0 aromatic heterocycles. The molecule has 0 unspecified atom stereocenters. The SMILES string of the molecule is CC(C)(C)C1CCC(c2ccc(N(c3ccccc3)c3ccccc3)cc2)(c2ccc(N(c3ccccc3)c3ccc(C4CCCCC4)cc3)cc2)CC1. The van der Waals surface area contributed by atoms with E-state index in [1.807, 2.05) is 0 Å². The second-order valence-electron chi connectivity index (χ2n) is 16.9. The molecule has 2 fully saturated rings. The van der Waals surface area contributed by atoms with Crippen LogP contribution in [0.5, 0.6) is 0 Å². The van der Waals surface area contributed by atoms with Crippen molar-refractivity contribution in [2.75, 3.05) is 9.80 Å². The first kappa shape index (κ1) is 35.9. The van der Waals surface area contributed by atoms with Gasteiger partial charge < -0.3 is 9.80 Å². The van der Waals surface area contributed by atoms with E-state index < -0.39 is 0 Å². The maximum Gasteiger partial charge on any atom is 0.0461 e. The Hall–Kier alpha value is -5.08. The maximum atomic E-state index is 2.44. The normalized spacial score (nSPS) is 19.3. The maximum absolute atomic E-state index is 2.44. The van der Waals surface area contributed by atoms with Gasteiger partial charge in [-0.15, -0.1) is 0 Å². The lowest BCUT2D eigenvalue weighted by Gasteiger charge is -2.45. The van der Waals surface area contributed by atoms with Crippen molar-refractivity contribution in [3.05, 3.63) is 180 Å². The Morgan fingerprint density at radius 2 is 0.759 bits per heavy atom. The van der Waals surface area contributed by atoms with Crippen LogP contribution in [0.3, 0.4) is 0 Å². The van der Waals surface area contributed by atoms with Gasteiger partial charge in [-0.2, -0.15) is 0 Å². The van der Waals surface area contributed by atoms with Crippen molar-refractivity contribution in [2.45, 2.75) is 89.9 Å². The van der Waals surface area contributed by atoms with Crippen LogP contribution in [0.15, 0.2) is 164 Å². The van der Waals surface area contributed by atoms with E-state index in [2.05, 4.69) is 194 Å². The quantitative estimate of drug-likeness (QED) is 0.148. The highest BCUT2D eigenvalue weighted by Crippen LogP contribution is 2.51. The van der Waals surface area contributed by atoms with Gasteiger partial charge in [0.2, 0.25) is 0 Å². The van der Waals surface area contributed by atoms with Crippen molar-refractivity contribution in [3.63, 3.8) is 0 Å². The third kappa shape index (κ3) is 7.49. The Balaban J connectivity index is 1.14. The van der Waals surface area contributed by atoms with E-state index in [4.69, 9.17) is 0 Å². The molecular formula is C52H56N2. The van der Waals surface area contributed by atoms with Gasteiger partial charge in [0.1, 0.15) is 0 Å². The first-order valence-electron chi connectivity index (χ1n) is 20.5. The van der Waals surface area contributed by atoms with Crippen LogP contribution in [0, 0.1) is 11.3 Å². The van der Waals surface area contributed by atoms with Crippen LogP contribution < -0.4 is 9.80 Å². The predicted octanol–water partition coefficient (Wildman–Crippen LogP) is 15.2. The van der Waals surface area contributed by atoms with E-state index in [1.54, 1.807) is 0 Å². The van der Waals surface area contributed by atoms with Crippen LogP contribution in [0.25, 0.3) is 0 Å². The van der Waals surface area contributed by atoms with E-state index in [-0.39, 0.29) is 5.41 Å². The van der Waals surface area contributed by atoms with Crippen LogP contribution >= 0.6 is 0 Å². The molecule has 54 heavy (non-hydrogen) atoms. The summed E-state index contributed by atoms with van der Waals surface area (Å²) in [5.74, 6) is 1.43. The van der Waals surface area contributed by atoms with E-state index >= 15 is 0 Å². The molecule has 0 N–H and O–H groups in total. The van der Waals surface area contributed by atoms with Gasteiger partial charge in [0.25, 0.3) is 0 Å². The molecular weight excluding hydrogens is 653 g/mol. The summed E-state index contributed by atoms with van der Waals surface area (Å²) in [6, 6.07) is 60.9. The van der Waals surface area contributed by atoms with E-state index in [9.17, 15) is 0 Å². The highest BCUT2D eigenvalue weighted by atomic mass is 15.1. The molecule has 0 atom stereocenters. The summed E-state index contributed by atoms with van der Waals surface area (Å²) in [5, 5.41) is 0. The molecule has 6 aromatic rings. The molecule has 0 heterocycles. The number of benzene rings is 6. The second-order valence-corrected chi connectivity index (χ2v) is 16.9. The first-order chi connectivity index (χ1) is 26.4. The lowest BCUT2D eigenvalue weighted by molar-refractivity contribution is 0.146. The Labute approximate surface area is 324 Å². The molecule has 0 bridgehead atoms. The van der Waals surface area contributed by atoms with Crippen molar-refractivity contribution < 1.29 is 0 Å². The molecule has 0 spiro atoms. The van der Waals surface area contributed by atoms with E-state index in [0.717, 1.165) is 18.8 Å². The number of nitrogens with zero attached hydrogens (tertiary/aromatic N) is 2. The fourth-order valence-electron chi connectivity index (χ4n) is 9.54. The van der Waals surface area contributed by atoms with Gasteiger partial charge >= 0.3 is 0 Å². The molecule has 0 aliphatic heterocycles. The summed E-state index contributed by atoms with van der Waals surface area (Å²) < 4.78 is 0. The van der Waals surface area contributed by atoms with Gasteiger partial charge in [0.15, 0.2) is 0 Å². The Morgan fingerprint density at radius 3 is 1.13 bits per heavy atom. The van der Waals surface area contributed by atoms with Crippen LogP contribution in [0.2, 0.25) is 0 Å². The fourth-order valence-corrected chi connectivity index (χ4v) is 9.54. The summed E-state index contributed by atoms with van der Waals surface area (Å²) in [6.07, 6.45) is 11.5. The largest absolute Gasteiger partial charge is 0.311 e. The third-order valence-corrected chi connectivity index (χ3v) is 12.7. The predicted molar refractivity (Wildman–Crippen MR) is 230 cm³/mol. The standard InChI is InChI=1S/C52H56N2/c1-51(2,3)42-36-38-52(39-37-42,43-26-32-49(33-27-43)53(45-18-10-5-11-19-45)46-20-12-6-13-21-46)44-28-34-50(35-29-44)54(47-22-14-7-15-23-47)48-30-24-41(25-31-48)40-16-8-4-9-17-40/h5-7,10-15,18-35,40,42H,4,8-9,16-17,36-39H2,1-3H3. The number of hydrogen-bond donors (Lipinski definition) is 0. The minimum Gasteiger partial charge on any atom is -0.311 e. The monoisotopic (exact) mass is 708 g/mol. The average molecular weight is 709 g/mol. The number of rotatable bonds is 9. The lowest BCUT2D eigenvalue weighted by Crippen LogP contribution is -2.36. The van der Waals surface area contributed by atoms with Crippen molar-refractivity contribution in [1.82, 2.24) is 0 Å². The number of anilines is 6.